The summed E-state index contributed by atoms with van der Waals surface area (Å²) in [5.41, 5.74) is 6.73. The van der Waals surface area contributed by atoms with Gasteiger partial charge in [-0.3, -0.25) is 4.79 Å². The van der Waals surface area contributed by atoms with Gasteiger partial charge in [-0.25, -0.2) is 0 Å². The molecule has 1 amide bonds. The van der Waals surface area contributed by atoms with E-state index in [0.29, 0.717) is 11.4 Å². The van der Waals surface area contributed by atoms with Crippen LogP contribution in [0.25, 0.3) is 22.9 Å². The molecule has 0 radical (unpaired) electrons. The van der Waals surface area contributed by atoms with E-state index in [1.165, 1.54) is 5.56 Å². The first kappa shape index (κ1) is 24.6. The lowest BCUT2D eigenvalue weighted by Gasteiger charge is -2.11. The van der Waals surface area contributed by atoms with Crippen molar-refractivity contribution >= 4 is 17.7 Å². The Morgan fingerprint density at radius 2 is 1.64 bits per heavy atom. The quantitative estimate of drug-likeness (QED) is 0.229. The van der Waals surface area contributed by atoms with Gasteiger partial charge in [-0.15, -0.1) is 0 Å². The van der Waals surface area contributed by atoms with Crippen molar-refractivity contribution in [2.45, 2.75) is 33.8 Å². The average Bonchev–Trinajstić information content (AvgIpc) is 3.15. The minimum Gasteiger partial charge on any atom is -0.491 e. The second-order valence-corrected chi connectivity index (χ2v) is 8.89. The number of aromatic nitrogens is 1. The van der Waals surface area contributed by atoms with Crippen molar-refractivity contribution in [1.82, 2.24) is 4.57 Å². The van der Waals surface area contributed by atoms with Gasteiger partial charge in [0, 0.05) is 28.8 Å². The largest absolute Gasteiger partial charge is 0.491 e. The van der Waals surface area contributed by atoms with Crippen molar-refractivity contribution < 1.29 is 9.53 Å². The van der Waals surface area contributed by atoms with Crippen molar-refractivity contribution in [3.05, 3.63) is 107 Å². The summed E-state index contributed by atoms with van der Waals surface area (Å²) in [4.78, 5) is 12.9. The summed E-state index contributed by atoms with van der Waals surface area (Å²) in [6, 6.07) is 29.8. The Hall–Kier alpha value is -4.56. The number of aryl methyl sites for hydroxylation is 1. The summed E-state index contributed by atoms with van der Waals surface area (Å²) >= 11 is 0. The highest BCUT2D eigenvalue weighted by atomic mass is 16.5. The zero-order chi connectivity index (χ0) is 25.7. The van der Waals surface area contributed by atoms with Gasteiger partial charge < -0.3 is 14.6 Å². The molecule has 36 heavy (non-hydrogen) atoms. The fraction of sp³-hybridized carbons (Fsp3) is 0.161. The van der Waals surface area contributed by atoms with Crippen LogP contribution in [0.2, 0.25) is 0 Å². The number of amides is 1. The van der Waals surface area contributed by atoms with Crippen molar-refractivity contribution in [2.75, 3.05) is 5.32 Å². The van der Waals surface area contributed by atoms with E-state index < -0.39 is 5.91 Å². The smallest absolute Gasteiger partial charge is 0.266 e. The number of carbonyl (C=O) groups excluding carboxylic acids is 1. The fourth-order valence-corrected chi connectivity index (χ4v) is 4.19. The molecule has 3 aromatic carbocycles. The van der Waals surface area contributed by atoms with E-state index >= 15 is 0 Å². The number of nitrogens with one attached hydrogen (secondary N) is 1. The van der Waals surface area contributed by atoms with E-state index in [2.05, 4.69) is 46.3 Å². The van der Waals surface area contributed by atoms with Gasteiger partial charge in [-0.05, 0) is 80.8 Å². The zero-order valence-corrected chi connectivity index (χ0v) is 20.9. The number of hydrogen-bond donors (Lipinski definition) is 1. The number of ether oxygens (including phenoxy) is 1. The third-order valence-electron chi connectivity index (χ3n) is 5.83. The van der Waals surface area contributed by atoms with Crippen molar-refractivity contribution in [2.24, 2.45) is 0 Å². The van der Waals surface area contributed by atoms with Crippen LogP contribution >= 0.6 is 0 Å². The summed E-state index contributed by atoms with van der Waals surface area (Å²) in [6.45, 7) is 7.89. The molecule has 0 aliphatic heterocycles. The first-order valence-electron chi connectivity index (χ1n) is 11.9. The highest BCUT2D eigenvalue weighted by Gasteiger charge is 2.14. The lowest BCUT2D eigenvalue weighted by atomic mass is 10.1. The topological polar surface area (TPSA) is 67.1 Å². The van der Waals surface area contributed by atoms with E-state index in [9.17, 15) is 10.1 Å². The van der Waals surface area contributed by atoms with Crippen LogP contribution in [0.5, 0.6) is 5.75 Å². The van der Waals surface area contributed by atoms with Gasteiger partial charge in [-0.1, -0.05) is 48.5 Å². The van der Waals surface area contributed by atoms with E-state index in [1.807, 2.05) is 64.1 Å². The maximum atomic E-state index is 12.9. The minimum absolute atomic E-state index is 0.0234. The predicted octanol–water partition coefficient (Wildman–Crippen LogP) is 7.09. The van der Waals surface area contributed by atoms with Crippen LogP contribution in [0.1, 0.15) is 30.8 Å². The van der Waals surface area contributed by atoms with Crippen LogP contribution in [-0.4, -0.2) is 16.6 Å². The molecule has 180 valence electrons. The van der Waals surface area contributed by atoms with E-state index in [0.717, 1.165) is 28.2 Å². The molecule has 0 bridgehead atoms. The van der Waals surface area contributed by atoms with Crippen LogP contribution in [0.3, 0.4) is 0 Å². The van der Waals surface area contributed by atoms with Crippen molar-refractivity contribution in [3.8, 4) is 28.6 Å². The molecule has 0 atom stereocenters. The van der Waals surface area contributed by atoms with Gasteiger partial charge in [0.25, 0.3) is 5.91 Å². The number of rotatable bonds is 7. The molecule has 0 aliphatic rings. The van der Waals surface area contributed by atoms with Crippen LogP contribution < -0.4 is 10.1 Å². The number of nitriles is 1. The number of anilines is 1. The first-order valence-corrected chi connectivity index (χ1v) is 11.9. The molecule has 5 nitrogen and oxygen atoms in total. The summed E-state index contributed by atoms with van der Waals surface area (Å²) in [7, 11) is 0. The molecule has 0 saturated heterocycles. The SMILES string of the molecule is Cc1cc(/C=C(\C#N)C(=O)Nc2cccc(OC(C)C)c2)c(C)n1-c1ccc(-c2ccccc2)cc1. The van der Waals surface area contributed by atoms with Gasteiger partial charge in [0.1, 0.15) is 17.4 Å². The maximum absolute atomic E-state index is 12.9. The van der Waals surface area contributed by atoms with Crippen LogP contribution in [0.15, 0.2) is 90.5 Å². The van der Waals surface area contributed by atoms with E-state index in [4.69, 9.17) is 4.74 Å². The monoisotopic (exact) mass is 475 g/mol. The molecule has 0 spiro atoms. The maximum Gasteiger partial charge on any atom is 0.266 e. The molecule has 0 unspecified atom stereocenters. The molecule has 1 aromatic heterocycles. The second-order valence-electron chi connectivity index (χ2n) is 8.89. The third-order valence-corrected chi connectivity index (χ3v) is 5.83. The molecule has 1 N–H and O–H groups in total. The molecule has 5 heteroatoms. The standard InChI is InChI=1S/C31H29N3O2/c1-21(2)36-30-12-8-11-28(19-30)33-31(35)27(20-32)18-26-17-22(3)34(23(26)4)29-15-13-25(14-16-29)24-9-6-5-7-10-24/h5-19,21H,1-4H3,(H,33,35)/b27-18+. The lowest BCUT2D eigenvalue weighted by molar-refractivity contribution is -0.112. The van der Waals surface area contributed by atoms with E-state index in [1.54, 1.807) is 24.3 Å². The van der Waals surface area contributed by atoms with Crippen LogP contribution in [0.4, 0.5) is 5.69 Å². The third kappa shape index (κ3) is 5.56. The number of benzene rings is 3. The summed E-state index contributed by atoms with van der Waals surface area (Å²) in [6.07, 6.45) is 1.66. The zero-order valence-electron chi connectivity index (χ0n) is 20.9. The summed E-state index contributed by atoms with van der Waals surface area (Å²) in [5.74, 6) is 0.198. The molecule has 4 rings (SSSR count). The minimum atomic E-state index is -0.462. The van der Waals surface area contributed by atoms with Crippen molar-refractivity contribution in [3.63, 3.8) is 0 Å². The first-order chi connectivity index (χ1) is 17.4. The molecular formula is C31H29N3O2. The van der Waals surface area contributed by atoms with Crippen molar-refractivity contribution in [1.29, 1.82) is 5.26 Å². The molecule has 0 aliphatic carbocycles. The van der Waals surface area contributed by atoms with Gasteiger partial charge in [0.15, 0.2) is 0 Å². The van der Waals surface area contributed by atoms with Gasteiger partial charge in [0.05, 0.1) is 6.10 Å². The lowest BCUT2D eigenvalue weighted by Crippen LogP contribution is -2.14. The highest BCUT2D eigenvalue weighted by molar-refractivity contribution is 6.09. The number of carbonyl (C=O) groups is 1. The van der Waals surface area contributed by atoms with Crippen LogP contribution in [0, 0.1) is 25.2 Å². The average molecular weight is 476 g/mol. The molecular weight excluding hydrogens is 446 g/mol. The van der Waals surface area contributed by atoms with E-state index in [-0.39, 0.29) is 11.7 Å². The summed E-state index contributed by atoms with van der Waals surface area (Å²) < 4.78 is 7.82. The molecule has 0 fully saturated rings. The Morgan fingerprint density at radius 1 is 0.944 bits per heavy atom. The Morgan fingerprint density at radius 3 is 2.31 bits per heavy atom. The summed E-state index contributed by atoms with van der Waals surface area (Å²) in [5, 5.41) is 12.5. The highest BCUT2D eigenvalue weighted by Crippen LogP contribution is 2.26. The Bertz CT molecular complexity index is 1440. The van der Waals surface area contributed by atoms with Gasteiger partial charge in [0.2, 0.25) is 0 Å². The molecule has 4 aromatic rings. The Kier molecular flexibility index (Phi) is 7.36. The van der Waals surface area contributed by atoms with Crippen LogP contribution in [-0.2, 0) is 4.79 Å². The fourth-order valence-electron chi connectivity index (χ4n) is 4.19. The molecule has 0 saturated carbocycles. The normalized spacial score (nSPS) is 11.3. The van der Waals surface area contributed by atoms with Gasteiger partial charge >= 0.3 is 0 Å². The van der Waals surface area contributed by atoms with Gasteiger partial charge in [-0.2, -0.15) is 5.26 Å². The number of hydrogen-bond acceptors (Lipinski definition) is 3. The second kappa shape index (κ2) is 10.8. The number of nitrogens with zero attached hydrogens (tertiary/aromatic N) is 2. The Labute approximate surface area is 212 Å². The Balaban J connectivity index is 1.57. The molecule has 1 heterocycles. The predicted molar refractivity (Wildman–Crippen MR) is 145 cm³/mol.